The Hall–Kier alpha value is -2.57. The normalized spacial score (nSPS) is 11.2. The van der Waals surface area contributed by atoms with Gasteiger partial charge in [0.1, 0.15) is 6.33 Å². The molecule has 6 heteroatoms. The molecule has 24 heavy (non-hydrogen) atoms. The molecule has 0 aliphatic carbocycles. The Balaban J connectivity index is 1.70. The molecule has 0 radical (unpaired) electrons. The molecule has 120 valence electrons. The zero-order valence-corrected chi connectivity index (χ0v) is 13.7. The lowest BCUT2D eigenvalue weighted by Crippen LogP contribution is -2.05. The Bertz CT molecular complexity index is 948. The highest BCUT2D eigenvalue weighted by atomic mass is 32.2. The average Bonchev–Trinajstić information content (AvgIpc) is 3.24. The Morgan fingerprint density at radius 3 is 2.67 bits per heavy atom. The third kappa shape index (κ3) is 2.93. The second-order valence-corrected chi connectivity index (χ2v) is 6.58. The Kier molecular flexibility index (Phi) is 4.06. The molecular weight excluding hydrogens is 320 g/mol. The minimum absolute atomic E-state index is 0.0136. The highest BCUT2D eigenvalue weighted by Crippen LogP contribution is 2.31. The summed E-state index contributed by atoms with van der Waals surface area (Å²) in [4.78, 5) is 6.56. The van der Waals surface area contributed by atoms with Crippen LogP contribution in [0.5, 0.6) is 0 Å². The van der Waals surface area contributed by atoms with Crippen LogP contribution < -0.4 is 0 Å². The van der Waals surface area contributed by atoms with Gasteiger partial charge >= 0.3 is 0 Å². The molecule has 0 spiro atoms. The topological polar surface area (TPSA) is 66.7 Å². The number of benzene rings is 2. The van der Waals surface area contributed by atoms with Crippen molar-refractivity contribution >= 4 is 22.7 Å². The second kappa shape index (κ2) is 6.51. The van der Waals surface area contributed by atoms with Gasteiger partial charge in [0.15, 0.2) is 5.82 Å². The maximum atomic E-state index is 9.68. The van der Waals surface area contributed by atoms with Gasteiger partial charge < -0.3 is 9.67 Å². The summed E-state index contributed by atoms with van der Waals surface area (Å²) in [5.74, 6) is 0.699. The van der Waals surface area contributed by atoms with Crippen molar-refractivity contribution < 1.29 is 5.11 Å². The molecule has 0 bridgehead atoms. The van der Waals surface area contributed by atoms with E-state index < -0.39 is 0 Å². The molecule has 4 rings (SSSR count). The van der Waals surface area contributed by atoms with E-state index in [1.165, 1.54) is 9.79 Å². The van der Waals surface area contributed by atoms with E-state index in [9.17, 15) is 5.11 Å². The fourth-order valence-corrected chi connectivity index (χ4v) is 3.65. The average molecular weight is 336 g/mol. The Labute approximate surface area is 143 Å². The first-order chi connectivity index (χ1) is 11.8. The van der Waals surface area contributed by atoms with Gasteiger partial charge in [0, 0.05) is 26.4 Å². The van der Waals surface area contributed by atoms with E-state index in [1.807, 2.05) is 24.3 Å². The van der Waals surface area contributed by atoms with Crippen molar-refractivity contribution in [2.45, 2.75) is 22.9 Å². The van der Waals surface area contributed by atoms with Gasteiger partial charge in [0.2, 0.25) is 0 Å². The summed E-state index contributed by atoms with van der Waals surface area (Å²) in [5.41, 5.74) is 1.93. The van der Waals surface area contributed by atoms with Crippen LogP contribution in [0.4, 0.5) is 0 Å². The van der Waals surface area contributed by atoms with Gasteiger partial charge in [-0.15, -0.1) is 0 Å². The van der Waals surface area contributed by atoms with E-state index in [-0.39, 0.29) is 6.61 Å². The monoisotopic (exact) mass is 336 g/mol. The summed E-state index contributed by atoms with van der Waals surface area (Å²) >= 11 is 1.73. The summed E-state index contributed by atoms with van der Waals surface area (Å²) in [6.07, 6.45) is 1.56. The Morgan fingerprint density at radius 2 is 1.92 bits per heavy atom. The van der Waals surface area contributed by atoms with Crippen LogP contribution in [-0.2, 0) is 13.2 Å². The maximum Gasteiger partial charge on any atom is 0.169 e. The van der Waals surface area contributed by atoms with Gasteiger partial charge in [0.25, 0.3) is 0 Å². The number of aromatic amines is 1. The van der Waals surface area contributed by atoms with E-state index in [4.69, 9.17) is 0 Å². The molecule has 5 nitrogen and oxygen atoms in total. The van der Waals surface area contributed by atoms with Crippen LogP contribution in [0.15, 0.2) is 70.7 Å². The summed E-state index contributed by atoms with van der Waals surface area (Å²) in [6.45, 7) is 0.522. The van der Waals surface area contributed by atoms with Crippen LogP contribution in [0.1, 0.15) is 11.5 Å². The molecule has 2 aromatic carbocycles. The fraction of sp³-hybridized carbons (Fsp3) is 0.111. The molecular formula is C18H16N4OS. The van der Waals surface area contributed by atoms with Crippen molar-refractivity contribution in [1.29, 1.82) is 0 Å². The van der Waals surface area contributed by atoms with Gasteiger partial charge in [-0.3, -0.25) is 5.10 Å². The van der Waals surface area contributed by atoms with E-state index in [0.29, 0.717) is 12.4 Å². The third-order valence-corrected chi connectivity index (χ3v) is 4.86. The maximum absolute atomic E-state index is 9.68. The zero-order valence-electron chi connectivity index (χ0n) is 12.9. The molecule has 0 amide bonds. The first kappa shape index (κ1) is 15.0. The number of aromatic nitrogens is 4. The molecule has 4 aromatic rings. The van der Waals surface area contributed by atoms with Crippen LogP contribution >= 0.6 is 11.8 Å². The van der Waals surface area contributed by atoms with Crippen molar-refractivity contribution in [3.63, 3.8) is 0 Å². The predicted octanol–water partition coefficient (Wildman–Crippen LogP) is 3.45. The lowest BCUT2D eigenvalue weighted by Gasteiger charge is -2.07. The van der Waals surface area contributed by atoms with Crippen LogP contribution in [0.2, 0.25) is 0 Å². The molecule has 0 saturated carbocycles. The van der Waals surface area contributed by atoms with E-state index in [1.54, 1.807) is 18.1 Å². The van der Waals surface area contributed by atoms with Crippen molar-refractivity contribution in [2.75, 3.05) is 0 Å². The van der Waals surface area contributed by atoms with Crippen molar-refractivity contribution in [3.8, 4) is 0 Å². The molecule has 0 aliphatic heterocycles. The summed E-state index contributed by atoms with van der Waals surface area (Å²) in [6, 6.07) is 18.7. The van der Waals surface area contributed by atoms with E-state index in [2.05, 4.69) is 50.1 Å². The van der Waals surface area contributed by atoms with Crippen LogP contribution in [0.3, 0.4) is 0 Å². The summed E-state index contributed by atoms with van der Waals surface area (Å²) < 4.78 is 2.05. The zero-order chi connectivity index (χ0) is 16.4. The quantitative estimate of drug-likeness (QED) is 0.586. The van der Waals surface area contributed by atoms with Gasteiger partial charge in [-0.2, -0.15) is 5.10 Å². The lowest BCUT2D eigenvalue weighted by atomic mass is 10.2. The van der Waals surface area contributed by atoms with Gasteiger partial charge in [-0.25, -0.2) is 4.98 Å². The highest BCUT2D eigenvalue weighted by Gasteiger charge is 2.11. The summed E-state index contributed by atoms with van der Waals surface area (Å²) in [7, 11) is 0. The summed E-state index contributed by atoms with van der Waals surface area (Å²) in [5, 5.41) is 17.6. The highest BCUT2D eigenvalue weighted by molar-refractivity contribution is 7.99. The number of aliphatic hydroxyl groups excluding tert-OH is 1. The molecule has 0 fully saturated rings. The number of H-pyrrole nitrogens is 1. The number of fused-ring (bicyclic) bond motifs is 1. The molecule has 2 aromatic heterocycles. The molecule has 2 heterocycles. The standard InChI is InChI=1S/C18H16N4OS/c23-11-14-8-13-9-16(24-15-4-2-1-3-5-15)6-7-17(13)22(14)10-18-19-12-20-21-18/h1-9,12,23H,10-11H2,(H,19,20,21). The van der Waals surface area contributed by atoms with Crippen molar-refractivity contribution in [3.05, 3.63) is 72.4 Å². The van der Waals surface area contributed by atoms with Crippen LogP contribution in [0, 0.1) is 0 Å². The smallest absolute Gasteiger partial charge is 0.169 e. The number of nitrogens with zero attached hydrogens (tertiary/aromatic N) is 3. The van der Waals surface area contributed by atoms with Gasteiger partial charge in [-0.05, 0) is 36.4 Å². The molecule has 0 saturated heterocycles. The van der Waals surface area contributed by atoms with Crippen LogP contribution in [-0.4, -0.2) is 24.9 Å². The van der Waals surface area contributed by atoms with E-state index >= 15 is 0 Å². The van der Waals surface area contributed by atoms with Crippen molar-refractivity contribution in [2.24, 2.45) is 0 Å². The van der Waals surface area contributed by atoms with Gasteiger partial charge in [0.05, 0.1) is 13.2 Å². The predicted molar refractivity (Wildman–Crippen MR) is 93.9 cm³/mol. The fourth-order valence-electron chi connectivity index (χ4n) is 2.77. The number of nitrogens with one attached hydrogen (secondary N) is 1. The third-order valence-electron chi connectivity index (χ3n) is 3.86. The molecule has 2 N–H and O–H groups in total. The second-order valence-electron chi connectivity index (χ2n) is 5.43. The van der Waals surface area contributed by atoms with Crippen LogP contribution in [0.25, 0.3) is 10.9 Å². The first-order valence-electron chi connectivity index (χ1n) is 7.64. The number of rotatable bonds is 5. The minimum Gasteiger partial charge on any atom is -0.390 e. The molecule has 0 unspecified atom stereocenters. The number of hydrogen-bond donors (Lipinski definition) is 2. The van der Waals surface area contributed by atoms with Crippen molar-refractivity contribution in [1.82, 2.24) is 19.7 Å². The molecule has 0 aliphatic rings. The minimum atomic E-state index is -0.0136. The first-order valence-corrected chi connectivity index (χ1v) is 8.46. The van der Waals surface area contributed by atoms with E-state index in [0.717, 1.165) is 16.6 Å². The Morgan fingerprint density at radius 1 is 1.04 bits per heavy atom. The SMILES string of the molecule is OCc1cc2cc(Sc3ccccc3)ccc2n1Cc1nc[nH]n1. The lowest BCUT2D eigenvalue weighted by molar-refractivity contribution is 0.272. The number of aliphatic hydroxyl groups is 1. The number of hydrogen-bond acceptors (Lipinski definition) is 4. The molecule has 0 atom stereocenters. The largest absolute Gasteiger partial charge is 0.390 e. The van der Waals surface area contributed by atoms with Gasteiger partial charge in [-0.1, -0.05) is 30.0 Å².